The summed E-state index contributed by atoms with van der Waals surface area (Å²) in [7, 11) is 0. The molecule has 7 aromatic rings. The third-order valence-corrected chi connectivity index (χ3v) is 12.9. The predicted octanol–water partition coefficient (Wildman–Crippen LogP) is 12.5. The van der Waals surface area contributed by atoms with Crippen molar-refractivity contribution in [1.29, 1.82) is 0 Å². The second-order valence-electron chi connectivity index (χ2n) is 15.3. The van der Waals surface area contributed by atoms with Crippen molar-refractivity contribution in [3.8, 4) is 0 Å². The molecule has 1 aromatic heterocycles. The van der Waals surface area contributed by atoms with E-state index in [9.17, 15) is 19.5 Å². The number of hydrogen-bond acceptors (Lipinski definition) is 5. The minimum Gasteiger partial charge on any atom is -0.478 e. The molecule has 0 saturated heterocycles. The van der Waals surface area contributed by atoms with Crippen molar-refractivity contribution in [2.75, 3.05) is 4.90 Å². The predicted molar refractivity (Wildman–Crippen MR) is 232 cm³/mol. The van der Waals surface area contributed by atoms with Gasteiger partial charge in [0.15, 0.2) is 11.6 Å². The molecule has 6 aromatic carbocycles. The van der Waals surface area contributed by atoms with E-state index >= 15 is 0 Å². The summed E-state index contributed by atoms with van der Waals surface area (Å²) in [5.41, 5.74) is 11.1. The van der Waals surface area contributed by atoms with Crippen LogP contribution in [0.25, 0.3) is 37.9 Å². The lowest BCUT2D eigenvalue weighted by atomic mass is 9.94. The highest BCUT2D eigenvalue weighted by Crippen LogP contribution is 2.53. The molecule has 1 aliphatic heterocycles. The van der Waals surface area contributed by atoms with E-state index in [1.54, 1.807) is 17.4 Å². The van der Waals surface area contributed by atoms with Gasteiger partial charge in [-0.2, -0.15) is 0 Å². The van der Waals surface area contributed by atoms with Crippen LogP contribution in [-0.4, -0.2) is 28.7 Å². The molecular formula is C51H37NO4S. The molecule has 276 valence electrons. The number of carboxylic acid groups (broad SMARTS) is 1. The smallest absolute Gasteiger partial charge is 0.335 e. The highest BCUT2D eigenvalue weighted by atomic mass is 32.1. The van der Waals surface area contributed by atoms with Crippen LogP contribution in [0.1, 0.15) is 91.0 Å². The maximum Gasteiger partial charge on any atom is 0.335 e. The van der Waals surface area contributed by atoms with Crippen LogP contribution in [0.3, 0.4) is 0 Å². The number of carbonyl (C=O) groups is 3. The summed E-state index contributed by atoms with van der Waals surface area (Å²) in [6.07, 6.45) is 9.80. The first kappa shape index (κ1) is 34.8. The van der Waals surface area contributed by atoms with E-state index in [0.717, 1.165) is 22.1 Å². The molecule has 0 spiro atoms. The number of ketones is 2. The lowest BCUT2D eigenvalue weighted by molar-refractivity contribution is 0.0696. The quantitative estimate of drug-likeness (QED) is 0.0995. The fraction of sp³-hybridized carbons (Fsp3) is 0.118. The van der Waals surface area contributed by atoms with Gasteiger partial charge in [0.2, 0.25) is 0 Å². The molecule has 2 unspecified atom stereocenters. The van der Waals surface area contributed by atoms with Crippen molar-refractivity contribution in [3.05, 3.63) is 195 Å². The van der Waals surface area contributed by atoms with Gasteiger partial charge < -0.3 is 10.0 Å². The van der Waals surface area contributed by atoms with Crippen molar-refractivity contribution in [2.45, 2.75) is 38.1 Å². The lowest BCUT2D eigenvalue weighted by Crippen LogP contribution is -2.26. The number of carboxylic acids is 1. The van der Waals surface area contributed by atoms with Gasteiger partial charge in [-0.1, -0.05) is 104 Å². The molecule has 1 N–H and O–H groups in total. The van der Waals surface area contributed by atoms with E-state index in [-0.39, 0.29) is 28.0 Å². The topological polar surface area (TPSA) is 74.7 Å². The Hall–Kier alpha value is -6.63. The summed E-state index contributed by atoms with van der Waals surface area (Å²) < 4.78 is 2.26. The zero-order valence-corrected chi connectivity index (χ0v) is 32.1. The molecule has 1 fully saturated rings. The highest BCUT2D eigenvalue weighted by molar-refractivity contribution is 7.25. The van der Waals surface area contributed by atoms with Crippen LogP contribution in [-0.2, 0) is 0 Å². The average Bonchev–Trinajstić information content (AvgIpc) is 3.98. The third kappa shape index (κ3) is 6.05. The number of fused-ring (bicyclic) bond motifs is 7. The van der Waals surface area contributed by atoms with Gasteiger partial charge in [-0.3, -0.25) is 9.59 Å². The van der Waals surface area contributed by atoms with Crippen LogP contribution in [0.4, 0.5) is 11.4 Å². The largest absolute Gasteiger partial charge is 0.478 e. The summed E-state index contributed by atoms with van der Waals surface area (Å²) in [6, 6.07) is 45.5. The number of nitrogens with zero attached hydrogens (tertiary/aromatic N) is 1. The maximum atomic E-state index is 13.2. The standard InChI is InChI=1S/C51H37NO4S/c1-30(24-41(33-9-4-2-5-10-33)34-11-6-3-7-12-34)23-31-16-22-46-42(25-31)37-13-8-14-45(37)52(46)36-18-21-39-38-19-15-32(27-47(38)57-48(39)29-36)26-44-49(53)40-20-17-35(51(55)56)28-43(40)50(44)54/h2-7,9-12,15-29,37,45H,8,13-14H2,1H3,(H,55,56)/b30-23+,44-26+. The van der Waals surface area contributed by atoms with Crippen molar-refractivity contribution < 1.29 is 19.5 Å². The fourth-order valence-corrected chi connectivity index (χ4v) is 10.4. The van der Waals surface area contributed by atoms with Gasteiger partial charge in [-0.15, -0.1) is 11.3 Å². The Labute approximate surface area is 334 Å². The summed E-state index contributed by atoms with van der Waals surface area (Å²) in [5.74, 6) is -1.46. The van der Waals surface area contributed by atoms with E-state index in [2.05, 4.69) is 127 Å². The molecule has 2 atom stereocenters. The zero-order valence-electron chi connectivity index (χ0n) is 31.2. The van der Waals surface area contributed by atoms with Crippen LogP contribution < -0.4 is 4.90 Å². The third-order valence-electron chi connectivity index (χ3n) is 11.8. The number of Topliss-reactive ketones (excluding diaryl/α,β-unsaturated/α-hetero) is 2. The van der Waals surface area contributed by atoms with Crippen LogP contribution >= 0.6 is 11.3 Å². The molecule has 2 heterocycles. The molecule has 6 heteroatoms. The molecule has 0 amide bonds. The normalized spacial score (nSPS) is 18.0. The number of thiophene rings is 1. The highest BCUT2D eigenvalue weighted by Gasteiger charge is 2.42. The average molecular weight is 760 g/mol. The van der Waals surface area contributed by atoms with Crippen LogP contribution in [0.15, 0.2) is 151 Å². The van der Waals surface area contributed by atoms with E-state index in [1.807, 2.05) is 12.1 Å². The van der Waals surface area contributed by atoms with Gasteiger partial charge in [0.05, 0.1) is 11.1 Å². The first-order valence-corrected chi connectivity index (χ1v) is 20.2. The number of allylic oxidation sites excluding steroid dienone is 3. The Morgan fingerprint density at radius 1 is 0.702 bits per heavy atom. The SMILES string of the molecule is C/C(C=C(c1ccccc1)c1ccccc1)=C\c1ccc2c(c1)C1CCCC1N2c1ccc2c(c1)sc1cc(/C=C3\C(=O)c4ccc(C(=O)O)cc4C3=O)ccc12. The lowest BCUT2D eigenvalue weighted by Gasteiger charge is -2.27. The second-order valence-corrected chi connectivity index (χ2v) is 16.4. The molecule has 0 bridgehead atoms. The number of benzene rings is 6. The van der Waals surface area contributed by atoms with Gasteiger partial charge in [0, 0.05) is 54.6 Å². The van der Waals surface area contributed by atoms with Gasteiger partial charge in [-0.05, 0) is 113 Å². The second kappa shape index (κ2) is 13.8. The molecule has 5 nitrogen and oxygen atoms in total. The van der Waals surface area contributed by atoms with E-state index in [1.165, 1.54) is 85.9 Å². The van der Waals surface area contributed by atoms with Gasteiger partial charge in [0.1, 0.15) is 0 Å². The van der Waals surface area contributed by atoms with E-state index < -0.39 is 11.8 Å². The first-order chi connectivity index (χ1) is 27.8. The van der Waals surface area contributed by atoms with Gasteiger partial charge in [-0.25, -0.2) is 4.79 Å². The minimum atomic E-state index is -1.14. The number of rotatable bonds is 7. The molecule has 57 heavy (non-hydrogen) atoms. The van der Waals surface area contributed by atoms with Crippen molar-refractivity contribution >= 4 is 78.1 Å². The molecular weight excluding hydrogens is 723 g/mol. The summed E-state index contributed by atoms with van der Waals surface area (Å²) in [6.45, 7) is 2.19. The van der Waals surface area contributed by atoms with E-state index in [0.29, 0.717) is 12.0 Å². The number of carbonyl (C=O) groups excluding carboxylic acids is 2. The Kier molecular flexibility index (Phi) is 8.45. The molecule has 2 aliphatic carbocycles. The van der Waals surface area contributed by atoms with Gasteiger partial charge in [0.25, 0.3) is 0 Å². The monoisotopic (exact) mass is 759 g/mol. The van der Waals surface area contributed by atoms with E-state index in [4.69, 9.17) is 0 Å². The molecule has 0 radical (unpaired) electrons. The summed E-state index contributed by atoms with van der Waals surface area (Å²) in [5, 5.41) is 11.7. The zero-order chi connectivity index (χ0) is 38.8. The van der Waals surface area contributed by atoms with Crippen molar-refractivity contribution in [2.24, 2.45) is 0 Å². The Balaban J connectivity index is 0.961. The van der Waals surface area contributed by atoms with Crippen LogP contribution in [0.2, 0.25) is 0 Å². The summed E-state index contributed by atoms with van der Waals surface area (Å²) in [4.78, 5) is 40.5. The van der Waals surface area contributed by atoms with Crippen molar-refractivity contribution in [1.82, 2.24) is 0 Å². The molecule has 10 rings (SSSR count). The van der Waals surface area contributed by atoms with Crippen molar-refractivity contribution in [3.63, 3.8) is 0 Å². The maximum absolute atomic E-state index is 13.2. The number of aromatic carboxylic acids is 1. The summed E-state index contributed by atoms with van der Waals surface area (Å²) >= 11 is 1.71. The van der Waals surface area contributed by atoms with Gasteiger partial charge >= 0.3 is 5.97 Å². The van der Waals surface area contributed by atoms with Crippen LogP contribution in [0, 0.1) is 0 Å². The Morgan fingerprint density at radius 3 is 2.12 bits per heavy atom. The fourth-order valence-electron chi connectivity index (χ4n) is 9.18. The first-order valence-electron chi connectivity index (χ1n) is 19.4. The Morgan fingerprint density at radius 2 is 1.39 bits per heavy atom. The molecule has 1 saturated carbocycles. The number of hydrogen-bond donors (Lipinski definition) is 1. The van der Waals surface area contributed by atoms with Crippen LogP contribution in [0.5, 0.6) is 0 Å². The molecule has 3 aliphatic rings. The number of anilines is 2. The minimum absolute atomic E-state index is 0.0132. The Bertz CT molecular complexity index is 2880.